The second-order valence-electron chi connectivity index (χ2n) is 6.10. The van der Waals surface area contributed by atoms with E-state index in [1.807, 2.05) is 37.4 Å². The summed E-state index contributed by atoms with van der Waals surface area (Å²) in [6, 6.07) is 9.64. The van der Waals surface area contributed by atoms with Crippen LogP contribution in [0.3, 0.4) is 0 Å². The molecule has 0 radical (unpaired) electrons. The van der Waals surface area contributed by atoms with Crippen LogP contribution in [0, 0.1) is 11.3 Å². The Bertz CT molecular complexity index is 1070. The van der Waals surface area contributed by atoms with Crippen LogP contribution in [0.4, 0.5) is 0 Å². The lowest BCUT2D eigenvalue weighted by Gasteiger charge is -2.14. The number of benzene rings is 1. The van der Waals surface area contributed by atoms with Crippen molar-refractivity contribution in [3.8, 4) is 17.3 Å². The molecule has 1 aromatic carbocycles. The standard InChI is InChI=1S/C19H15N5O/c1-12(7-20)10-24-11-16-14(4-3-5-15(16)19(24)25)17-6-18-13(8-21-17)9-22-23(18)2/h3-6,8-9H,1,10-11H2,2H3. The zero-order valence-corrected chi connectivity index (χ0v) is 13.7. The van der Waals surface area contributed by atoms with Crippen molar-refractivity contribution in [2.75, 3.05) is 6.54 Å². The SMILES string of the molecule is C=C(C#N)CN1Cc2c(cccc2-c2cc3c(cn2)cnn3C)C1=O. The number of carbonyl (C=O) groups excluding carboxylic acids is 1. The molecule has 1 aliphatic heterocycles. The van der Waals surface area contributed by atoms with Crippen LogP contribution < -0.4 is 0 Å². The molecule has 0 saturated heterocycles. The normalized spacial score (nSPS) is 13.1. The predicted molar refractivity (Wildman–Crippen MR) is 93.4 cm³/mol. The van der Waals surface area contributed by atoms with E-state index in [1.54, 1.807) is 22.0 Å². The van der Waals surface area contributed by atoms with Crippen molar-refractivity contribution in [1.82, 2.24) is 19.7 Å². The number of aryl methyl sites for hydroxylation is 1. The van der Waals surface area contributed by atoms with Gasteiger partial charge >= 0.3 is 0 Å². The van der Waals surface area contributed by atoms with Crippen LogP contribution in [0.2, 0.25) is 0 Å². The number of pyridine rings is 1. The van der Waals surface area contributed by atoms with Crippen molar-refractivity contribution in [3.05, 3.63) is 59.9 Å². The van der Waals surface area contributed by atoms with E-state index in [-0.39, 0.29) is 12.5 Å². The van der Waals surface area contributed by atoms with Gasteiger partial charge in [-0.15, -0.1) is 0 Å². The summed E-state index contributed by atoms with van der Waals surface area (Å²) < 4.78 is 1.80. The molecule has 0 aliphatic carbocycles. The first-order valence-electron chi connectivity index (χ1n) is 7.85. The van der Waals surface area contributed by atoms with Crippen LogP contribution in [0.25, 0.3) is 22.2 Å². The van der Waals surface area contributed by atoms with Crippen molar-refractivity contribution in [1.29, 1.82) is 5.26 Å². The van der Waals surface area contributed by atoms with Gasteiger partial charge in [0.2, 0.25) is 0 Å². The first-order chi connectivity index (χ1) is 12.1. The summed E-state index contributed by atoms with van der Waals surface area (Å²) in [7, 11) is 1.89. The Balaban J connectivity index is 1.79. The first-order valence-corrected chi connectivity index (χ1v) is 7.85. The average Bonchev–Trinajstić information content (AvgIpc) is 3.15. The van der Waals surface area contributed by atoms with Gasteiger partial charge < -0.3 is 4.90 Å². The lowest BCUT2D eigenvalue weighted by atomic mass is 10.00. The van der Waals surface area contributed by atoms with Crippen molar-refractivity contribution < 1.29 is 4.79 Å². The summed E-state index contributed by atoms with van der Waals surface area (Å²) in [6.45, 7) is 4.38. The highest BCUT2D eigenvalue weighted by Gasteiger charge is 2.30. The van der Waals surface area contributed by atoms with E-state index in [9.17, 15) is 4.79 Å². The average molecular weight is 329 g/mol. The Kier molecular flexibility index (Phi) is 3.36. The summed E-state index contributed by atoms with van der Waals surface area (Å²) in [4.78, 5) is 18.8. The second-order valence-corrected chi connectivity index (χ2v) is 6.10. The fourth-order valence-electron chi connectivity index (χ4n) is 3.22. The molecular formula is C19H15N5O. The molecule has 0 spiro atoms. The number of fused-ring (bicyclic) bond motifs is 2. The van der Waals surface area contributed by atoms with E-state index in [1.165, 1.54) is 0 Å². The highest BCUT2D eigenvalue weighted by atomic mass is 16.2. The molecule has 3 heterocycles. The minimum Gasteiger partial charge on any atom is -0.329 e. The number of rotatable bonds is 3. The van der Waals surface area contributed by atoms with E-state index in [4.69, 9.17) is 5.26 Å². The van der Waals surface area contributed by atoms with E-state index >= 15 is 0 Å². The van der Waals surface area contributed by atoms with Crippen molar-refractivity contribution in [3.63, 3.8) is 0 Å². The van der Waals surface area contributed by atoms with Crippen LogP contribution in [0.15, 0.2) is 48.8 Å². The molecule has 1 amide bonds. The minimum atomic E-state index is -0.0742. The number of carbonyl (C=O) groups is 1. The number of hydrogen-bond acceptors (Lipinski definition) is 4. The van der Waals surface area contributed by atoms with Gasteiger partial charge in [0, 0.05) is 41.9 Å². The van der Waals surface area contributed by atoms with Gasteiger partial charge in [-0.2, -0.15) is 10.4 Å². The molecule has 1 aliphatic rings. The molecule has 0 saturated carbocycles. The Morgan fingerprint density at radius 1 is 1.36 bits per heavy atom. The Morgan fingerprint density at radius 2 is 2.16 bits per heavy atom. The summed E-state index contributed by atoms with van der Waals surface area (Å²) in [6.07, 6.45) is 3.57. The van der Waals surface area contributed by atoms with Gasteiger partial charge in [-0.25, -0.2) is 0 Å². The van der Waals surface area contributed by atoms with Gasteiger partial charge in [0.05, 0.1) is 30.0 Å². The van der Waals surface area contributed by atoms with Gasteiger partial charge in [0.25, 0.3) is 5.91 Å². The number of nitrogens with zero attached hydrogens (tertiary/aromatic N) is 5. The van der Waals surface area contributed by atoms with Crippen molar-refractivity contribution in [2.24, 2.45) is 7.05 Å². The van der Waals surface area contributed by atoms with E-state index < -0.39 is 0 Å². The maximum Gasteiger partial charge on any atom is 0.254 e. The molecular weight excluding hydrogens is 314 g/mol. The van der Waals surface area contributed by atoms with Crippen LogP contribution in [0.5, 0.6) is 0 Å². The summed E-state index contributed by atoms with van der Waals surface area (Å²) in [5.74, 6) is -0.0742. The van der Waals surface area contributed by atoms with Gasteiger partial charge in [-0.05, 0) is 17.7 Å². The highest BCUT2D eigenvalue weighted by molar-refractivity contribution is 6.00. The van der Waals surface area contributed by atoms with Crippen LogP contribution >= 0.6 is 0 Å². The Morgan fingerprint density at radius 3 is 2.96 bits per heavy atom. The summed E-state index contributed by atoms with van der Waals surface area (Å²) in [5.41, 5.74) is 4.70. The van der Waals surface area contributed by atoms with E-state index in [0.717, 1.165) is 27.7 Å². The summed E-state index contributed by atoms with van der Waals surface area (Å²) in [5, 5.41) is 14.1. The number of amides is 1. The minimum absolute atomic E-state index is 0.0742. The third-order valence-corrected chi connectivity index (χ3v) is 4.49. The first kappa shape index (κ1) is 15.1. The van der Waals surface area contributed by atoms with Crippen LogP contribution in [-0.4, -0.2) is 32.1 Å². The molecule has 0 unspecified atom stereocenters. The molecule has 4 rings (SSSR count). The number of aromatic nitrogens is 3. The largest absolute Gasteiger partial charge is 0.329 e. The number of hydrogen-bond donors (Lipinski definition) is 0. The molecule has 25 heavy (non-hydrogen) atoms. The maximum atomic E-state index is 12.6. The molecule has 3 aromatic rings. The molecule has 0 N–H and O–H groups in total. The molecule has 0 bridgehead atoms. The summed E-state index contributed by atoms with van der Waals surface area (Å²) >= 11 is 0. The fourth-order valence-corrected chi connectivity index (χ4v) is 3.22. The fraction of sp³-hybridized carbons (Fsp3) is 0.158. The van der Waals surface area contributed by atoms with Crippen LogP contribution in [0.1, 0.15) is 15.9 Å². The Labute approximate surface area is 144 Å². The molecule has 0 fully saturated rings. The van der Waals surface area contributed by atoms with Gasteiger partial charge in [0.1, 0.15) is 0 Å². The zero-order valence-electron chi connectivity index (χ0n) is 13.7. The van der Waals surface area contributed by atoms with E-state index in [2.05, 4.69) is 16.7 Å². The number of nitriles is 1. The highest BCUT2D eigenvalue weighted by Crippen LogP contribution is 2.33. The van der Waals surface area contributed by atoms with Gasteiger partial charge in [-0.1, -0.05) is 18.7 Å². The molecule has 0 atom stereocenters. The lowest BCUT2D eigenvalue weighted by molar-refractivity contribution is 0.0794. The maximum absolute atomic E-state index is 12.6. The smallest absolute Gasteiger partial charge is 0.254 e. The van der Waals surface area contributed by atoms with E-state index in [0.29, 0.717) is 17.7 Å². The zero-order chi connectivity index (χ0) is 17.6. The third-order valence-electron chi connectivity index (χ3n) is 4.49. The van der Waals surface area contributed by atoms with Gasteiger partial charge in [0.15, 0.2) is 0 Å². The topological polar surface area (TPSA) is 74.8 Å². The van der Waals surface area contributed by atoms with Crippen LogP contribution in [-0.2, 0) is 13.6 Å². The second kappa shape index (κ2) is 5.56. The molecule has 2 aromatic heterocycles. The van der Waals surface area contributed by atoms with Crippen molar-refractivity contribution >= 4 is 16.8 Å². The molecule has 6 heteroatoms. The monoisotopic (exact) mass is 329 g/mol. The predicted octanol–water partition coefficient (Wildman–Crippen LogP) is 2.67. The molecule has 122 valence electrons. The third kappa shape index (κ3) is 2.37. The molecule has 6 nitrogen and oxygen atoms in total. The lowest BCUT2D eigenvalue weighted by Crippen LogP contribution is -2.25. The quantitative estimate of drug-likeness (QED) is 0.692. The van der Waals surface area contributed by atoms with Gasteiger partial charge in [-0.3, -0.25) is 14.5 Å². The van der Waals surface area contributed by atoms with Crippen molar-refractivity contribution in [2.45, 2.75) is 6.54 Å². The Hall–Kier alpha value is -3.46.